The molecule has 9 heteroatoms. The van der Waals surface area contributed by atoms with E-state index in [4.69, 9.17) is 24.0 Å². The molecule has 148 valence electrons. The molecule has 0 spiro atoms. The van der Waals surface area contributed by atoms with Gasteiger partial charge in [0.05, 0.1) is 14.2 Å². The van der Waals surface area contributed by atoms with Crippen molar-refractivity contribution >= 4 is 16.3 Å². The topological polar surface area (TPSA) is 80.0 Å². The summed E-state index contributed by atoms with van der Waals surface area (Å²) in [6.45, 7) is 0.361. The van der Waals surface area contributed by atoms with E-state index in [1.165, 1.54) is 11.3 Å². The average Bonchev–Trinajstić information content (AvgIpc) is 3.33. The summed E-state index contributed by atoms with van der Waals surface area (Å²) in [5.74, 6) is 3.45. The molecule has 0 unspecified atom stereocenters. The zero-order valence-electron chi connectivity index (χ0n) is 15.9. The molecule has 2 aromatic heterocycles. The van der Waals surface area contributed by atoms with Crippen LogP contribution in [0.2, 0.25) is 0 Å². The zero-order valence-corrected chi connectivity index (χ0v) is 16.7. The summed E-state index contributed by atoms with van der Waals surface area (Å²) in [4.78, 5) is 0.720. The van der Waals surface area contributed by atoms with E-state index in [-0.39, 0.29) is 6.10 Å². The largest absolute Gasteiger partial charge is 0.493 e. The van der Waals surface area contributed by atoms with Gasteiger partial charge in [-0.3, -0.25) is 0 Å². The fourth-order valence-corrected chi connectivity index (χ4v) is 4.13. The molecule has 0 aliphatic carbocycles. The maximum Gasteiger partial charge on any atom is 0.234 e. The minimum absolute atomic E-state index is 0.361. The fourth-order valence-electron chi connectivity index (χ4n) is 3.26. The summed E-state index contributed by atoms with van der Waals surface area (Å²) < 4.78 is 24.3. The van der Waals surface area contributed by atoms with Crippen molar-refractivity contribution in [2.45, 2.75) is 12.5 Å². The number of rotatable bonds is 5. The lowest BCUT2D eigenvalue weighted by Crippen LogP contribution is -2.23. The number of fused-ring (bicyclic) bond motifs is 2. The fraction of sp³-hybridized carbons (Fsp3) is 0.250. The third-order valence-electron chi connectivity index (χ3n) is 4.66. The summed E-state index contributed by atoms with van der Waals surface area (Å²) >= 11 is 1.50. The van der Waals surface area contributed by atoms with Crippen LogP contribution in [0, 0.1) is 0 Å². The Bertz CT molecular complexity index is 1170. The van der Waals surface area contributed by atoms with Crippen LogP contribution >= 0.6 is 11.3 Å². The lowest BCUT2D eigenvalue weighted by molar-refractivity contribution is 0.0836. The van der Waals surface area contributed by atoms with Crippen LogP contribution in [0.5, 0.6) is 23.0 Å². The lowest BCUT2D eigenvalue weighted by Gasteiger charge is -2.24. The van der Waals surface area contributed by atoms with Crippen molar-refractivity contribution < 1.29 is 18.9 Å². The Morgan fingerprint density at radius 2 is 1.90 bits per heavy atom. The third-order valence-corrected chi connectivity index (χ3v) is 5.56. The van der Waals surface area contributed by atoms with E-state index in [9.17, 15) is 0 Å². The standard InChI is InChI=1S/C20H18N4O4S/c1-25-13-8-7-12(9-16(13)26-2)10-18-23-24-19(21-22-20(24)29-18)17-11-27-14-5-3-4-6-15(14)28-17/h3-9,17H,10-11H2,1-2H3/t17-/m1/s1. The normalized spacial score (nSPS) is 15.4. The highest BCUT2D eigenvalue weighted by Crippen LogP contribution is 2.36. The Kier molecular flexibility index (Phi) is 4.44. The minimum Gasteiger partial charge on any atom is -0.493 e. The molecular formula is C20H18N4O4S. The Hall–Kier alpha value is -3.33. The quantitative estimate of drug-likeness (QED) is 0.499. The first-order chi connectivity index (χ1) is 14.2. The number of benzene rings is 2. The van der Waals surface area contributed by atoms with E-state index in [1.807, 2.05) is 42.5 Å². The van der Waals surface area contributed by atoms with Crippen LogP contribution in [0.4, 0.5) is 0 Å². The number of nitrogens with zero attached hydrogens (tertiary/aromatic N) is 4. The second-order valence-electron chi connectivity index (χ2n) is 6.48. The van der Waals surface area contributed by atoms with Gasteiger partial charge in [0.25, 0.3) is 0 Å². The highest BCUT2D eigenvalue weighted by atomic mass is 32.1. The molecule has 0 saturated carbocycles. The predicted molar refractivity (Wildman–Crippen MR) is 106 cm³/mol. The molecule has 0 saturated heterocycles. The first-order valence-electron chi connectivity index (χ1n) is 9.05. The van der Waals surface area contributed by atoms with Gasteiger partial charge in [-0.15, -0.1) is 10.2 Å². The minimum atomic E-state index is -0.365. The smallest absolute Gasteiger partial charge is 0.234 e. The van der Waals surface area contributed by atoms with Crippen LogP contribution in [0.25, 0.3) is 4.96 Å². The van der Waals surface area contributed by atoms with Crippen molar-refractivity contribution in [3.05, 3.63) is 58.9 Å². The van der Waals surface area contributed by atoms with E-state index in [1.54, 1.807) is 18.7 Å². The van der Waals surface area contributed by atoms with Crippen molar-refractivity contribution in [3.63, 3.8) is 0 Å². The summed E-state index contributed by atoms with van der Waals surface area (Å²) in [5.41, 5.74) is 1.07. The molecule has 1 aliphatic heterocycles. The van der Waals surface area contributed by atoms with E-state index in [0.717, 1.165) is 21.3 Å². The van der Waals surface area contributed by atoms with Gasteiger partial charge in [0.1, 0.15) is 11.6 Å². The van der Waals surface area contributed by atoms with Gasteiger partial charge in [-0.1, -0.05) is 29.5 Å². The van der Waals surface area contributed by atoms with Gasteiger partial charge >= 0.3 is 0 Å². The SMILES string of the molecule is COc1ccc(Cc2nn3c([C@H]4COc5ccccc5O4)nnc3s2)cc1OC. The molecule has 2 aromatic carbocycles. The second-order valence-corrected chi connectivity index (χ2v) is 7.52. The molecular weight excluding hydrogens is 392 g/mol. The van der Waals surface area contributed by atoms with Gasteiger partial charge in [0.2, 0.25) is 4.96 Å². The number of para-hydroxylation sites is 2. The number of hydrogen-bond acceptors (Lipinski definition) is 8. The van der Waals surface area contributed by atoms with Gasteiger partial charge in [0.15, 0.2) is 34.9 Å². The van der Waals surface area contributed by atoms with Crippen molar-refractivity contribution in [2.75, 3.05) is 20.8 Å². The van der Waals surface area contributed by atoms with Gasteiger partial charge in [-0.2, -0.15) is 9.61 Å². The monoisotopic (exact) mass is 410 g/mol. The summed E-state index contributed by atoms with van der Waals surface area (Å²) in [7, 11) is 3.25. The Labute approximate surface area is 170 Å². The molecule has 4 aromatic rings. The maximum absolute atomic E-state index is 6.05. The third kappa shape index (κ3) is 3.23. The molecule has 0 N–H and O–H groups in total. The first kappa shape index (κ1) is 17.7. The maximum atomic E-state index is 6.05. The van der Waals surface area contributed by atoms with Crippen LogP contribution in [-0.4, -0.2) is 40.6 Å². The molecule has 0 bridgehead atoms. The molecule has 29 heavy (non-hydrogen) atoms. The van der Waals surface area contributed by atoms with Crippen molar-refractivity contribution in [3.8, 4) is 23.0 Å². The van der Waals surface area contributed by atoms with E-state index < -0.39 is 0 Å². The molecule has 1 atom stereocenters. The van der Waals surface area contributed by atoms with E-state index in [2.05, 4.69) is 10.2 Å². The zero-order chi connectivity index (χ0) is 19.8. The van der Waals surface area contributed by atoms with Gasteiger partial charge < -0.3 is 18.9 Å². The van der Waals surface area contributed by atoms with Crippen molar-refractivity contribution in [2.24, 2.45) is 0 Å². The average molecular weight is 410 g/mol. The Balaban J connectivity index is 1.41. The molecule has 0 amide bonds. The van der Waals surface area contributed by atoms with Crippen LogP contribution < -0.4 is 18.9 Å². The van der Waals surface area contributed by atoms with Crippen molar-refractivity contribution in [1.29, 1.82) is 0 Å². The van der Waals surface area contributed by atoms with Gasteiger partial charge in [-0.25, -0.2) is 0 Å². The Morgan fingerprint density at radius 3 is 2.72 bits per heavy atom. The first-order valence-corrected chi connectivity index (χ1v) is 9.87. The van der Waals surface area contributed by atoms with Crippen molar-refractivity contribution in [1.82, 2.24) is 19.8 Å². The number of ether oxygens (including phenoxy) is 4. The highest BCUT2D eigenvalue weighted by molar-refractivity contribution is 7.16. The lowest BCUT2D eigenvalue weighted by atomic mass is 10.1. The van der Waals surface area contributed by atoms with Crippen LogP contribution in [0.15, 0.2) is 42.5 Å². The highest BCUT2D eigenvalue weighted by Gasteiger charge is 2.28. The number of methoxy groups -OCH3 is 2. The number of aromatic nitrogens is 4. The van der Waals surface area contributed by atoms with Crippen LogP contribution in [0.3, 0.4) is 0 Å². The second kappa shape index (κ2) is 7.25. The van der Waals surface area contributed by atoms with E-state index in [0.29, 0.717) is 36.1 Å². The summed E-state index contributed by atoms with van der Waals surface area (Å²) in [5, 5.41) is 14.1. The summed E-state index contributed by atoms with van der Waals surface area (Å²) in [6, 6.07) is 13.4. The molecule has 0 radical (unpaired) electrons. The molecule has 0 fully saturated rings. The number of hydrogen-bond donors (Lipinski definition) is 0. The van der Waals surface area contributed by atoms with Crippen LogP contribution in [0.1, 0.15) is 22.5 Å². The molecule has 1 aliphatic rings. The predicted octanol–water partition coefficient (Wildman–Crippen LogP) is 3.31. The molecule has 3 heterocycles. The van der Waals surface area contributed by atoms with Gasteiger partial charge in [-0.05, 0) is 29.8 Å². The van der Waals surface area contributed by atoms with E-state index >= 15 is 0 Å². The van der Waals surface area contributed by atoms with Gasteiger partial charge in [0, 0.05) is 6.42 Å². The Morgan fingerprint density at radius 1 is 1.07 bits per heavy atom. The van der Waals surface area contributed by atoms with Crippen LogP contribution in [-0.2, 0) is 6.42 Å². The molecule has 8 nitrogen and oxygen atoms in total. The summed E-state index contributed by atoms with van der Waals surface area (Å²) in [6.07, 6.45) is 0.287. The molecule has 5 rings (SSSR count).